The Balaban J connectivity index is 2.18. The van der Waals surface area contributed by atoms with Crippen LogP contribution in [0.5, 0.6) is 5.75 Å². The second-order valence-electron chi connectivity index (χ2n) is 3.81. The van der Waals surface area contributed by atoms with Gasteiger partial charge in [-0.2, -0.15) is 0 Å². The molecule has 2 aromatic rings. The summed E-state index contributed by atoms with van der Waals surface area (Å²) in [7, 11) is 0. The first-order chi connectivity index (χ1) is 9.11. The highest BCUT2D eigenvalue weighted by atomic mass is 35.5. The van der Waals surface area contributed by atoms with E-state index < -0.39 is 5.82 Å². The molecule has 0 heterocycles. The van der Waals surface area contributed by atoms with E-state index in [1.54, 1.807) is 24.3 Å². The fourth-order valence-electron chi connectivity index (χ4n) is 1.56. The Morgan fingerprint density at radius 1 is 1.16 bits per heavy atom. The third-order valence-corrected chi connectivity index (χ3v) is 3.08. The highest BCUT2D eigenvalue weighted by molar-refractivity contribution is 6.32. The highest BCUT2D eigenvalue weighted by Crippen LogP contribution is 2.28. The highest BCUT2D eigenvalue weighted by Gasteiger charge is 2.08. The number of aldehydes is 1. The van der Waals surface area contributed by atoms with Gasteiger partial charge >= 0.3 is 0 Å². The third kappa shape index (κ3) is 3.25. The number of hydrogen-bond donors (Lipinski definition) is 0. The number of benzene rings is 2. The Morgan fingerprint density at radius 2 is 1.95 bits per heavy atom. The van der Waals surface area contributed by atoms with Crippen LogP contribution in [0.15, 0.2) is 36.4 Å². The maximum atomic E-state index is 13.0. The summed E-state index contributed by atoms with van der Waals surface area (Å²) in [5.74, 6) is -0.184. The molecular formula is C14H9Cl2FO2. The Bertz CT molecular complexity index is 614. The smallest absolute Gasteiger partial charge is 0.153 e. The van der Waals surface area contributed by atoms with Crippen molar-refractivity contribution in [2.24, 2.45) is 0 Å². The second kappa shape index (κ2) is 6.04. The fourth-order valence-corrected chi connectivity index (χ4v) is 2.00. The van der Waals surface area contributed by atoms with Crippen molar-refractivity contribution in [1.82, 2.24) is 0 Å². The molecule has 0 aromatic heterocycles. The van der Waals surface area contributed by atoms with E-state index in [0.717, 1.165) is 0 Å². The quantitative estimate of drug-likeness (QED) is 0.776. The summed E-state index contributed by atoms with van der Waals surface area (Å²) in [6, 6.07) is 9.17. The van der Waals surface area contributed by atoms with E-state index in [-0.39, 0.29) is 11.6 Å². The zero-order chi connectivity index (χ0) is 13.8. The van der Waals surface area contributed by atoms with Gasteiger partial charge in [0, 0.05) is 0 Å². The molecule has 0 aliphatic heterocycles. The summed E-state index contributed by atoms with van der Waals surface area (Å²) in [5, 5.41) is 0.369. The van der Waals surface area contributed by atoms with Crippen molar-refractivity contribution >= 4 is 29.5 Å². The molecule has 0 aliphatic carbocycles. The van der Waals surface area contributed by atoms with Crippen molar-refractivity contribution in [1.29, 1.82) is 0 Å². The summed E-state index contributed by atoms with van der Waals surface area (Å²) >= 11 is 11.6. The van der Waals surface area contributed by atoms with Crippen LogP contribution in [-0.4, -0.2) is 6.29 Å². The van der Waals surface area contributed by atoms with Crippen molar-refractivity contribution in [3.63, 3.8) is 0 Å². The number of para-hydroxylation sites is 1. The minimum absolute atomic E-state index is 0.0240. The molecule has 0 atom stereocenters. The molecule has 0 saturated carbocycles. The minimum Gasteiger partial charge on any atom is -0.487 e. The number of hydrogen-bond acceptors (Lipinski definition) is 2. The van der Waals surface area contributed by atoms with Gasteiger partial charge in [0.05, 0.1) is 15.6 Å². The molecule has 0 bridgehead atoms. The molecule has 0 saturated heterocycles. The zero-order valence-electron chi connectivity index (χ0n) is 9.70. The van der Waals surface area contributed by atoms with Crippen LogP contribution in [0.1, 0.15) is 15.9 Å². The molecule has 0 N–H and O–H groups in total. The van der Waals surface area contributed by atoms with E-state index in [0.29, 0.717) is 28.2 Å². The van der Waals surface area contributed by atoms with Crippen LogP contribution in [0.4, 0.5) is 4.39 Å². The molecule has 0 fully saturated rings. The van der Waals surface area contributed by atoms with Crippen LogP contribution in [0.25, 0.3) is 0 Å². The lowest BCUT2D eigenvalue weighted by Gasteiger charge is -2.10. The first-order valence-electron chi connectivity index (χ1n) is 5.42. The number of rotatable bonds is 4. The molecule has 19 heavy (non-hydrogen) atoms. The lowest BCUT2D eigenvalue weighted by atomic mass is 10.2. The van der Waals surface area contributed by atoms with Crippen molar-refractivity contribution < 1.29 is 13.9 Å². The summed E-state index contributed by atoms with van der Waals surface area (Å²) < 4.78 is 18.5. The summed E-state index contributed by atoms with van der Waals surface area (Å²) in [5.41, 5.74) is 1.05. The van der Waals surface area contributed by atoms with E-state index in [9.17, 15) is 9.18 Å². The van der Waals surface area contributed by atoms with E-state index in [1.165, 1.54) is 12.1 Å². The number of carbonyl (C=O) groups is 1. The topological polar surface area (TPSA) is 26.3 Å². The lowest BCUT2D eigenvalue weighted by molar-refractivity contribution is 0.111. The average molecular weight is 299 g/mol. The van der Waals surface area contributed by atoms with E-state index in [2.05, 4.69) is 0 Å². The molecule has 2 rings (SSSR count). The van der Waals surface area contributed by atoms with Gasteiger partial charge in [0.15, 0.2) is 6.29 Å². The van der Waals surface area contributed by atoms with Crippen LogP contribution in [0.3, 0.4) is 0 Å². The second-order valence-corrected chi connectivity index (χ2v) is 4.63. The molecule has 0 unspecified atom stereocenters. The van der Waals surface area contributed by atoms with Gasteiger partial charge in [0.25, 0.3) is 0 Å². The van der Waals surface area contributed by atoms with Crippen LogP contribution < -0.4 is 4.74 Å². The van der Waals surface area contributed by atoms with Crippen molar-refractivity contribution in [3.8, 4) is 5.75 Å². The lowest BCUT2D eigenvalue weighted by Crippen LogP contribution is -1.99. The Morgan fingerprint density at radius 3 is 2.63 bits per heavy atom. The van der Waals surface area contributed by atoms with E-state index in [1.807, 2.05) is 0 Å². The first-order valence-corrected chi connectivity index (χ1v) is 6.18. The zero-order valence-corrected chi connectivity index (χ0v) is 11.2. The average Bonchev–Trinajstić information content (AvgIpc) is 2.41. The Labute approximate surface area is 119 Å². The fraction of sp³-hybridized carbons (Fsp3) is 0.0714. The molecule has 0 spiro atoms. The molecule has 5 heteroatoms. The maximum Gasteiger partial charge on any atom is 0.153 e. The maximum absolute atomic E-state index is 13.0. The molecule has 98 valence electrons. The van der Waals surface area contributed by atoms with Gasteiger partial charge in [-0.3, -0.25) is 4.79 Å². The summed E-state index contributed by atoms with van der Waals surface area (Å²) in [4.78, 5) is 10.9. The monoisotopic (exact) mass is 298 g/mol. The van der Waals surface area contributed by atoms with Crippen LogP contribution >= 0.6 is 23.2 Å². The van der Waals surface area contributed by atoms with Gasteiger partial charge in [-0.25, -0.2) is 4.39 Å². The minimum atomic E-state index is -0.489. The Hall–Kier alpha value is -1.58. The van der Waals surface area contributed by atoms with Gasteiger partial charge in [-0.1, -0.05) is 35.3 Å². The van der Waals surface area contributed by atoms with Crippen LogP contribution in [-0.2, 0) is 6.61 Å². The van der Waals surface area contributed by atoms with Crippen LogP contribution in [0.2, 0.25) is 10.0 Å². The number of halogens is 3. The molecular weight excluding hydrogens is 290 g/mol. The van der Waals surface area contributed by atoms with Gasteiger partial charge in [0.2, 0.25) is 0 Å². The molecule has 0 amide bonds. The van der Waals surface area contributed by atoms with Gasteiger partial charge in [0.1, 0.15) is 18.2 Å². The Kier molecular flexibility index (Phi) is 4.40. The molecule has 2 aromatic carbocycles. The predicted molar refractivity (Wildman–Crippen MR) is 72.6 cm³/mol. The normalized spacial score (nSPS) is 10.3. The number of ether oxygens (including phenoxy) is 1. The predicted octanol–water partition coefficient (Wildman–Crippen LogP) is 4.52. The van der Waals surface area contributed by atoms with Gasteiger partial charge < -0.3 is 4.74 Å². The van der Waals surface area contributed by atoms with Crippen molar-refractivity contribution in [3.05, 3.63) is 63.4 Å². The van der Waals surface area contributed by atoms with Crippen molar-refractivity contribution in [2.75, 3.05) is 0 Å². The third-order valence-electron chi connectivity index (χ3n) is 2.49. The summed E-state index contributed by atoms with van der Waals surface area (Å²) in [6.45, 7) is 0.143. The van der Waals surface area contributed by atoms with Crippen molar-refractivity contribution in [2.45, 2.75) is 6.61 Å². The van der Waals surface area contributed by atoms with E-state index >= 15 is 0 Å². The number of carbonyl (C=O) groups excluding carboxylic acids is 1. The van der Waals surface area contributed by atoms with Crippen LogP contribution in [0, 0.1) is 5.82 Å². The molecule has 0 aliphatic rings. The SMILES string of the molecule is O=Cc1cccc(Cl)c1OCc1ccc(F)c(Cl)c1. The van der Waals surface area contributed by atoms with Gasteiger partial charge in [-0.05, 0) is 29.8 Å². The largest absolute Gasteiger partial charge is 0.487 e. The standard InChI is InChI=1S/C14H9Cl2FO2/c15-11-3-1-2-10(7-18)14(11)19-8-9-4-5-13(17)12(16)6-9/h1-7H,8H2. The molecule has 0 radical (unpaired) electrons. The molecule has 2 nitrogen and oxygen atoms in total. The summed E-state index contributed by atoms with van der Waals surface area (Å²) in [6.07, 6.45) is 0.666. The van der Waals surface area contributed by atoms with E-state index in [4.69, 9.17) is 27.9 Å². The first kappa shape index (κ1) is 13.8. The van der Waals surface area contributed by atoms with Gasteiger partial charge in [-0.15, -0.1) is 0 Å².